The van der Waals surface area contributed by atoms with Gasteiger partial charge in [0.05, 0.1) is 5.16 Å². The maximum atomic E-state index is 4.51. The van der Waals surface area contributed by atoms with E-state index in [1.807, 2.05) is 24.8 Å². The SMILES string of the molecule is CC(C)(C)C1=CC(CP(C(C)(C)C)C(C)(C)C)=C(C(P)(c2cccnc2)c2cccnc2)C1. The molecule has 0 saturated carbocycles. The highest BCUT2D eigenvalue weighted by atomic mass is 31.1. The van der Waals surface area contributed by atoms with Crippen molar-refractivity contribution >= 4 is 17.2 Å². The molecule has 0 fully saturated rings. The Morgan fingerprint density at radius 3 is 1.67 bits per heavy atom. The smallest absolute Gasteiger partial charge is 0.0590 e. The molecule has 1 unspecified atom stereocenters. The van der Waals surface area contributed by atoms with Crippen LogP contribution in [-0.2, 0) is 5.16 Å². The first-order valence-electron chi connectivity index (χ1n) is 12.0. The third-order valence-corrected chi connectivity index (χ3v) is 11.6. The molecule has 2 aromatic heterocycles. The monoisotopic (exact) mass is 480 g/mol. The summed E-state index contributed by atoms with van der Waals surface area (Å²) in [5.74, 6) is 0. The summed E-state index contributed by atoms with van der Waals surface area (Å²) in [4.78, 5) is 9.02. The number of pyridine rings is 2. The van der Waals surface area contributed by atoms with Gasteiger partial charge in [-0.3, -0.25) is 9.97 Å². The predicted molar refractivity (Wildman–Crippen MR) is 149 cm³/mol. The Morgan fingerprint density at radius 1 is 0.818 bits per heavy atom. The van der Waals surface area contributed by atoms with Crippen LogP contribution in [0.25, 0.3) is 0 Å². The van der Waals surface area contributed by atoms with Crippen molar-refractivity contribution in [1.82, 2.24) is 9.97 Å². The number of rotatable bonds is 5. The fourth-order valence-corrected chi connectivity index (χ4v) is 9.24. The molecule has 2 nitrogen and oxygen atoms in total. The summed E-state index contributed by atoms with van der Waals surface area (Å²) >= 11 is 0. The summed E-state index contributed by atoms with van der Waals surface area (Å²) < 4.78 is 0. The summed E-state index contributed by atoms with van der Waals surface area (Å²) in [6, 6.07) is 8.52. The molecule has 4 heteroatoms. The summed E-state index contributed by atoms with van der Waals surface area (Å²) in [5.41, 5.74) is 7.06. The van der Waals surface area contributed by atoms with E-state index in [1.165, 1.54) is 27.8 Å². The highest BCUT2D eigenvalue weighted by Crippen LogP contribution is 2.62. The Kier molecular flexibility index (Phi) is 7.44. The fourth-order valence-electron chi connectivity index (χ4n) is 5.03. The first-order chi connectivity index (χ1) is 15.1. The zero-order valence-corrected chi connectivity index (χ0v) is 24.1. The largest absolute Gasteiger partial charge is 0.264 e. The van der Waals surface area contributed by atoms with Crippen molar-refractivity contribution in [2.75, 3.05) is 6.16 Å². The van der Waals surface area contributed by atoms with E-state index in [9.17, 15) is 0 Å². The van der Waals surface area contributed by atoms with Gasteiger partial charge in [-0.05, 0) is 62.7 Å². The van der Waals surface area contributed by atoms with Crippen LogP contribution in [0.4, 0.5) is 0 Å². The van der Waals surface area contributed by atoms with Gasteiger partial charge >= 0.3 is 0 Å². The van der Waals surface area contributed by atoms with Gasteiger partial charge in [0.1, 0.15) is 0 Å². The second kappa shape index (κ2) is 9.36. The van der Waals surface area contributed by atoms with Gasteiger partial charge in [-0.25, -0.2) is 0 Å². The highest BCUT2D eigenvalue weighted by Gasteiger charge is 2.42. The van der Waals surface area contributed by atoms with Gasteiger partial charge in [-0.1, -0.05) is 94.0 Å². The van der Waals surface area contributed by atoms with Crippen LogP contribution >= 0.6 is 17.2 Å². The first-order valence-corrected chi connectivity index (χ1v) is 14.1. The Bertz CT molecular complexity index is 964. The van der Waals surface area contributed by atoms with Crippen LogP contribution in [0, 0.1) is 5.41 Å². The highest BCUT2D eigenvalue weighted by molar-refractivity contribution is 7.61. The van der Waals surface area contributed by atoms with Crippen LogP contribution in [0.15, 0.2) is 71.8 Å². The molecule has 33 heavy (non-hydrogen) atoms. The summed E-state index contributed by atoms with van der Waals surface area (Å²) in [7, 11) is 2.97. The molecule has 0 N–H and O–H groups in total. The van der Waals surface area contributed by atoms with E-state index in [-0.39, 0.29) is 28.8 Å². The lowest BCUT2D eigenvalue weighted by Crippen LogP contribution is -2.28. The third-order valence-electron chi connectivity index (χ3n) is 6.72. The van der Waals surface area contributed by atoms with Crippen molar-refractivity contribution in [3.8, 4) is 0 Å². The summed E-state index contributed by atoms with van der Waals surface area (Å²) in [6.45, 7) is 21.5. The molecule has 0 bridgehead atoms. The van der Waals surface area contributed by atoms with Gasteiger partial charge in [0.2, 0.25) is 0 Å². The third kappa shape index (κ3) is 5.66. The second-order valence-electron chi connectivity index (χ2n) is 12.3. The molecule has 0 spiro atoms. The number of aromatic nitrogens is 2. The lowest BCUT2D eigenvalue weighted by molar-refractivity contribution is 0.491. The predicted octanol–water partition coefficient (Wildman–Crippen LogP) is 8.35. The van der Waals surface area contributed by atoms with E-state index < -0.39 is 0 Å². The molecule has 0 aromatic carbocycles. The van der Waals surface area contributed by atoms with E-state index in [0.29, 0.717) is 0 Å². The topological polar surface area (TPSA) is 25.8 Å². The maximum absolute atomic E-state index is 4.51. The fraction of sp³-hybridized carbons (Fsp3) is 0.517. The lowest BCUT2D eigenvalue weighted by Gasteiger charge is -2.43. The van der Waals surface area contributed by atoms with Crippen LogP contribution < -0.4 is 0 Å². The molecule has 0 amide bonds. The van der Waals surface area contributed by atoms with Gasteiger partial charge in [-0.2, -0.15) is 0 Å². The normalized spacial score (nSPS) is 15.9. The van der Waals surface area contributed by atoms with E-state index in [0.717, 1.165) is 12.6 Å². The van der Waals surface area contributed by atoms with Crippen LogP contribution in [0.1, 0.15) is 79.9 Å². The minimum Gasteiger partial charge on any atom is -0.264 e. The Balaban J connectivity index is 2.25. The Labute approximate surface area is 205 Å². The number of hydrogen-bond donors (Lipinski definition) is 0. The van der Waals surface area contributed by atoms with Crippen LogP contribution in [-0.4, -0.2) is 26.4 Å². The van der Waals surface area contributed by atoms with Gasteiger partial charge in [0.15, 0.2) is 0 Å². The van der Waals surface area contributed by atoms with E-state index in [4.69, 9.17) is 0 Å². The molecule has 178 valence electrons. The zero-order valence-electron chi connectivity index (χ0n) is 22.0. The molecule has 0 radical (unpaired) electrons. The molecule has 2 aromatic rings. The average Bonchev–Trinajstić information content (AvgIpc) is 3.16. The lowest BCUT2D eigenvalue weighted by atomic mass is 9.79. The average molecular weight is 481 g/mol. The molecule has 3 rings (SSSR count). The Morgan fingerprint density at radius 2 is 1.30 bits per heavy atom. The molecule has 1 aliphatic rings. The number of nitrogens with zero attached hydrogens (tertiary/aromatic N) is 2. The van der Waals surface area contributed by atoms with Crippen molar-refractivity contribution in [3.63, 3.8) is 0 Å². The van der Waals surface area contributed by atoms with Crippen LogP contribution in [0.2, 0.25) is 0 Å². The van der Waals surface area contributed by atoms with Crippen molar-refractivity contribution in [2.45, 2.75) is 84.2 Å². The Hall–Kier alpha value is -1.36. The first kappa shape index (κ1) is 26.2. The maximum Gasteiger partial charge on any atom is 0.0590 e. The molecular formula is C29H42N2P2. The van der Waals surface area contributed by atoms with Crippen molar-refractivity contribution in [2.24, 2.45) is 5.41 Å². The standard InChI is InChI=1S/C29H42N2P2/c1-26(2,3)24-16-21(20-33(27(4,5)6)28(7,8)9)25(17-24)29(32,22-12-10-14-30-18-22)23-13-11-15-31-19-23/h10-16,18-19H,17,20,32H2,1-9H3. The van der Waals surface area contributed by atoms with Crippen LogP contribution in [0.5, 0.6) is 0 Å². The van der Waals surface area contributed by atoms with Crippen LogP contribution in [0.3, 0.4) is 0 Å². The quantitative estimate of drug-likeness (QED) is 0.402. The number of allylic oxidation sites excluding steroid dienone is 4. The van der Waals surface area contributed by atoms with E-state index >= 15 is 0 Å². The molecular weight excluding hydrogens is 438 g/mol. The van der Waals surface area contributed by atoms with Gasteiger partial charge in [-0.15, -0.1) is 9.24 Å². The van der Waals surface area contributed by atoms with Gasteiger partial charge in [0.25, 0.3) is 0 Å². The minimum atomic E-state index is -0.349. The van der Waals surface area contributed by atoms with Crippen molar-refractivity contribution in [1.29, 1.82) is 0 Å². The van der Waals surface area contributed by atoms with Gasteiger partial charge < -0.3 is 0 Å². The second-order valence-corrected chi connectivity index (χ2v) is 17.0. The minimum absolute atomic E-state index is 0.134. The van der Waals surface area contributed by atoms with E-state index in [2.05, 4.69) is 112 Å². The molecule has 0 saturated heterocycles. The van der Waals surface area contributed by atoms with Gasteiger partial charge in [0, 0.05) is 24.8 Å². The summed E-state index contributed by atoms with van der Waals surface area (Å²) in [6.07, 6.45) is 12.4. The number of hydrogen-bond acceptors (Lipinski definition) is 2. The molecule has 1 atom stereocenters. The van der Waals surface area contributed by atoms with Crippen molar-refractivity contribution in [3.05, 3.63) is 83.0 Å². The van der Waals surface area contributed by atoms with Crippen molar-refractivity contribution < 1.29 is 0 Å². The molecule has 1 aliphatic carbocycles. The van der Waals surface area contributed by atoms with E-state index in [1.54, 1.807) is 0 Å². The zero-order chi connectivity index (χ0) is 24.7. The molecule has 0 aliphatic heterocycles. The molecule has 2 heterocycles. The summed E-state index contributed by atoms with van der Waals surface area (Å²) in [5, 5.41) is 0.199.